The van der Waals surface area contributed by atoms with Crippen molar-refractivity contribution < 1.29 is 57.0 Å². The average Bonchev–Trinajstić information content (AvgIpc) is 3.29. The fraction of sp³-hybridized carbons (Fsp3) is 0.500. The standard InChI is InChI=1S/C44H57N4O12PS3/c1-4-24-54-30-33-57-27-21-45-40(49)15-18-44(19-16-41(50)46-22-28-58-34-31-55-25-5-2,20-17-42(51)47-23-29-59-35-32-56-26-6-3)48-43(52)38-9-7-36(8-10-38)37-11-13-39(14-12-37)60-61(53,62)64-63/h1-3,7-11,13,63H,15-35H2,(H,45,49)(H,46,50)(H,47,51)(H,48,52)(H,53,62). The number of amides is 4. The van der Waals surface area contributed by atoms with E-state index in [4.69, 9.17) is 64.0 Å². The monoisotopic (exact) mass is 960 g/mol. The highest BCUT2D eigenvalue weighted by atomic mass is 33.4. The SMILES string of the molecule is C#CCOCCOCCNC(=O)CCC(CCC(=O)NCCOCCOCC#C)(CCC(=O)NCCOCCOCC#C)NC(=O)c1ccc(-c2c#cc(OP(O)(=S)SS)cc2)cc1. The fourth-order valence-corrected chi connectivity index (χ4v) is 6.85. The molecular formula is C44H57N4O12PS3. The molecule has 0 aliphatic rings. The number of rotatable bonds is 36. The summed E-state index contributed by atoms with van der Waals surface area (Å²) in [6.45, 7) is 3.71. The molecule has 0 bridgehead atoms. The van der Waals surface area contributed by atoms with Crippen LogP contribution in [0.15, 0.2) is 36.4 Å². The summed E-state index contributed by atoms with van der Waals surface area (Å²) in [6, 6.07) is 15.8. The summed E-state index contributed by atoms with van der Waals surface area (Å²) in [5.74, 6) is 5.90. The van der Waals surface area contributed by atoms with Gasteiger partial charge in [0.05, 0.1) is 59.5 Å². The molecule has 0 saturated heterocycles. The number of thiol groups is 1. The first-order valence-electron chi connectivity index (χ1n) is 20.3. The van der Waals surface area contributed by atoms with Crippen molar-refractivity contribution in [3.05, 3.63) is 54.1 Å². The van der Waals surface area contributed by atoms with Crippen LogP contribution in [-0.2, 0) is 54.6 Å². The molecule has 0 aliphatic heterocycles. The van der Waals surface area contributed by atoms with Crippen LogP contribution in [-0.4, -0.2) is 133 Å². The van der Waals surface area contributed by atoms with Crippen molar-refractivity contribution in [1.82, 2.24) is 21.3 Å². The van der Waals surface area contributed by atoms with Crippen molar-refractivity contribution >= 4 is 63.2 Å². The van der Waals surface area contributed by atoms with Gasteiger partial charge in [0, 0.05) is 66.0 Å². The molecule has 20 heteroatoms. The highest BCUT2D eigenvalue weighted by Crippen LogP contribution is 2.57. The highest BCUT2D eigenvalue weighted by molar-refractivity contribution is 8.98. The maximum Gasteiger partial charge on any atom is 0.305 e. The Bertz CT molecular complexity index is 1760. The number of carbonyl (C=O) groups excluding carboxylic acids is 4. The molecule has 2 aromatic rings. The van der Waals surface area contributed by atoms with Gasteiger partial charge >= 0.3 is 5.69 Å². The maximum atomic E-state index is 14.1. The van der Waals surface area contributed by atoms with E-state index in [-0.39, 0.29) is 127 Å². The minimum absolute atomic E-state index is 0.0392. The van der Waals surface area contributed by atoms with Gasteiger partial charge in [0.1, 0.15) is 19.8 Å². The van der Waals surface area contributed by atoms with E-state index in [9.17, 15) is 24.1 Å². The second kappa shape index (κ2) is 34.1. The molecule has 348 valence electrons. The topological polar surface area (TPSA) is 201 Å². The van der Waals surface area contributed by atoms with E-state index in [0.29, 0.717) is 50.8 Å². The molecule has 2 rings (SSSR count). The first-order valence-corrected chi connectivity index (χ1v) is 25.4. The summed E-state index contributed by atoms with van der Waals surface area (Å²) < 4.78 is 37.4. The van der Waals surface area contributed by atoms with E-state index in [1.54, 1.807) is 36.4 Å². The number of carbonyl (C=O) groups is 4. The lowest BCUT2D eigenvalue weighted by atomic mass is 9.82. The van der Waals surface area contributed by atoms with Crippen LogP contribution in [0.4, 0.5) is 0 Å². The van der Waals surface area contributed by atoms with Crippen molar-refractivity contribution in [2.45, 2.75) is 44.1 Å². The van der Waals surface area contributed by atoms with Crippen LogP contribution in [0.1, 0.15) is 48.9 Å². The molecule has 1 atom stereocenters. The van der Waals surface area contributed by atoms with Crippen molar-refractivity contribution in [1.29, 1.82) is 0 Å². The number of ether oxygens (including phenoxy) is 6. The summed E-state index contributed by atoms with van der Waals surface area (Å²) in [6.07, 6.45) is 15.7. The molecule has 2 aromatic carbocycles. The minimum atomic E-state index is -3.18. The average molecular weight is 961 g/mol. The lowest BCUT2D eigenvalue weighted by Gasteiger charge is -2.35. The van der Waals surface area contributed by atoms with E-state index in [0.717, 1.165) is 10.4 Å². The summed E-state index contributed by atoms with van der Waals surface area (Å²) in [4.78, 5) is 63.6. The zero-order chi connectivity index (χ0) is 46.7. The molecule has 0 fully saturated rings. The number of hydrogen-bond donors (Lipinski definition) is 6. The van der Waals surface area contributed by atoms with Crippen molar-refractivity contribution in [2.75, 3.05) is 98.9 Å². The van der Waals surface area contributed by atoms with Gasteiger partial charge in [-0.25, -0.2) is 0 Å². The van der Waals surface area contributed by atoms with Gasteiger partial charge in [-0.2, -0.15) is 0 Å². The number of terminal acetylenes is 3. The van der Waals surface area contributed by atoms with Crippen LogP contribution in [0.2, 0.25) is 0 Å². The zero-order valence-electron chi connectivity index (χ0n) is 35.7. The molecule has 0 saturated carbocycles. The Morgan fingerprint density at radius 3 is 1.45 bits per heavy atom. The quantitative estimate of drug-likeness (QED) is 0.0191. The molecule has 64 heavy (non-hydrogen) atoms. The third kappa shape index (κ3) is 25.8. The molecular weight excluding hydrogens is 904 g/mol. The molecule has 0 aromatic heterocycles. The van der Waals surface area contributed by atoms with Crippen molar-refractivity contribution in [2.24, 2.45) is 0 Å². The van der Waals surface area contributed by atoms with E-state index < -0.39 is 17.1 Å². The Kier molecular flexibility index (Phi) is 29.7. The maximum absolute atomic E-state index is 14.1. The number of benzene rings is 1. The molecule has 0 spiro atoms. The van der Waals surface area contributed by atoms with Crippen LogP contribution < -0.4 is 25.8 Å². The predicted octanol–water partition coefficient (Wildman–Crippen LogP) is 3.28. The molecule has 1 unspecified atom stereocenters. The smallest absolute Gasteiger partial charge is 0.305 e. The highest BCUT2D eigenvalue weighted by Gasteiger charge is 2.34. The Morgan fingerprint density at radius 2 is 1.08 bits per heavy atom. The third-order valence-electron chi connectivity index (χ3n) is 8.75. The van der Waals surface area contributed by atoms with Crippen LogP contribution in [0.3, 0.4) is 0 Å². The summed E-state index contributed by atoms with van der Waals surface area (Å²) in [7, 11) is 0.750. The van der Waals surface area contributed by atoms with Gasteiger partial charge in [-0.05, 0) is 67.0 Å². The molecule has 0 heterocycles. The first-order chi connectivity index (χ1) is 31.0. The Labute approximate surface area is 390 Å². The second-order valence-corrected chi connectivity index (χ2v) is 20.4. The number of nitrogens with one attached hydrogen (secondary N) is 4. The van der Waals surface area contributed by atoms with Crippen LogP contribution in [0, 0.1) is 49.2 Å². The van der Waals surface area contributed by atoms with Gasteiger partial charge in [-0.15, -0.1) is 30.9 Å². The molecule has 16 nitrogen and oxygen atoms in total. The van der Waals surface area contributed by atoms with Crippen LogP contribution in [0.25, 0.3) is 11.1 Å². The molecule has 0 aliphatic carbocycles. The molecule has 0 radical (unpaired) electrons. The van der Waals surface area contributed by atoms with Gasteiger partial charge in [0.25, 0.3) is 5.91 Å². The Morgan fingerprint density at radius 1 is 0.656 bits per heavy atom. The van der Waals surface area contributed by atoms with Gasteiger partial charge in [-0.3, -0.25) is 19.2 Å². The van der Waals surface area contributed by atoms with Gasteiger partial charge < -0.3 is 59.1 Å². The summed E-state index contributed by atoms with van der Waals surface area (Å²) >= 11 is 8.95. The second-order valence-electron chi connectivity index (χ2n) is 13.5. The van der Waals surface area contributed by atoms with Gasteiger partial charge in [-0.1, -0.05) is 36.0 Å². The normalized spacial score (nSPS) is 11.7. The third-order valence-corrected chi connectivity index (χ3v) is 14.1. The van der Waals surface area contributed by atoms with E-state index in [1.165, 1.54) is 0 Å². The van der Waals surface area contributed by atoms with Crippen molar-refractivity contribution in [3.8, 4) is 53.9 Å². The lowest BCUT2D eigenvalue weighted by molar-refractivity contribution is -0.121. The van der Waals surface area contributed by atoms with Gasteiger partial charge in [0.15, 0.2) is 5.75 Å². The summed E-state index contributed by atoms with van der Waals surface area (Å²) in [5, 5.41) is 11.6. The number of hydrogen-bond acceptors (Lipinski definition) is 14. The van der Waals surface area contributed by atoms with Gasteiger partial charge in [0.2, 0.25) is 17.7 Å². The van der Waals surface area contributed by atoms with E-state index >= 15 is 0 Å². The van der Waals surface area contributed by atoms with E-state index in [1.807, 2.05) is 0 Å². The fourth-order valence-electron chi connectivity index (χ4n) is 5.58. The lowest BCUT2D eigenvalue weighted by Crippen LogP contribution is -2.50. The Hall–Kier alpha value is -4.31. The summed E-state index contributed by atoms with van der Waals surface area (Å²) in [5.41, 5.74) is -2.74. The molecule has 5 N–H and O–H groups in total. The zero-order valence-corrected chi connectivity index (χ0v) is 39.1. The van der Waals surface area contributed by atoms with Crippen LogP contribution >= 0.6 is 27.8 Å². The predicted molar refractivity (Wildman–Crippen MR) is 252 cm³/mol. The largest absolute Gasteiger partial charge is 0.427 e. The first kappa shape index (κ1) is 55.8. The Balaban J connectivity index is 2.24. The van der Waals surface area contributed by atoms with E-state index in [2.05, 4.69) is 62.8 Å². The van der Waals surface area contributed by atoms with Crippen molar-refractivity contribution in [3.63, 3.8) is 0 Å². The molecule has 4 amide bonds. The van der Waals surface area contributed by atoms with Crippen LogP contribution in [0.5, 0.6) is 5.75 Å². The minimum Gasteiger partial charge on any atom is -0.427 e.